The zero-order valence-corrected chi connectivity index (χ0v) is 18.6. The Morgan fingerprint density at radius 1 is 1.20 bits per heavy atom. The number of hydrogen-bond acceptors (Lipinski definition) is 6. The number of carbonyl (C=O) groups excluding carboxylic acids is 1. The highest BCUT2D eigenvalue weighted by molar-refractivity contribution is 7.90. The summed E-state index contributed by atoms with van der Waals surface area (Å²) in [7, 11) is -2.82. The van der Waals surface area contributed by atoms with Crippen molar-refractivity contribution in [3.63, 3.8) is 0 Å². The molecular weight excluding hydrogens is 426 g/mol. The molecule has 0 aliphatic carbocycles. The molecule has 30 heavy (non-hydrogen) atoms. The van der Waals surface area contributed by atoms with Crippen LogP contribution in [0.4, 0.5) is 5.69 Å². The summed E-state index contributed by atoms with van der Waals surface area (Å²) in [5, 5.41) is 3.65. The first-order valence-electron chi connectivity index (χ1n) is 9.19. The number of nitrogens with zero attached hydrogens (tertiary/aromatic N) is 2. The number of ether oxygens (including phenoxy) is 1. The fraction of sp³-hybridized carbons (Fsp3) is 0.238. The van der Waals surface area contributed by atoms with E-state index < -0.39 is 16.0 Å². The highest BCUT2D eigenvalue weighted by Gasteiger charge is 2.26. The van der Waals surface area contributed by atoms with Gasteiger partial charge in [-0.2, -0.15) is 0 Å². The Morgan fingerprint density at radius 3 is 2.47 bits per heavy atom. The van der Waals surface area contributed by atoms with Crippen LogP contribution >= 0.6 is 11.6 Å². The molecule has 0 saturated heterocycles. The summed E-state index contributed by atoms with van der Waals surface area (Å²) in [5.41, 5.74) is 2.36. The first-order valence-corrected chi connectivity index (χ1v) is 11.0. The third kappa shape index (κ3) is 4.34. The number of aryl methyl sites for hydroxylation is 1. The summed E-state index contributed by atoms with van der Waals surface area (Å²) in [6.45, 7) is 5.80. The number of halogens is 1. The summed E-state index contributed by atoms with van der Waals surface area (Å²) in [5.74, 6) is -0.772. The topological polar surface area (TPSA) is 90.3 Å². The first kappa shape index (κ1) is 21.9. The molecule has 1 aromatic carbocycles. The normalized spacial score (nSPS) is 11.5. The predicted octanol–water partition coefficient (Wildman–Crippen LogP) is 4.36. The molecule has 0 saturated carbocycles. The minimum Gasteiger partial charge on any atom is -0.464 e. The average molecular weight is 448 g/mol. The van der Waals surface area contributed by atoms with Gasteiger partial charge in [0.05, 0.1) is 28.4 Å². The number of rotatable bonds is 6. The number of methoxy groups -OCH3 is 1. The van der Waals surface area contributed by atoms with Crippen LogP contribution in [0.5, 0.6) is 0 Å². The minimum absolute atomic E-state index is 0.0617. The Balaban J connectivity index is 2.15. The highest BCUT2D eigenvalue weighted by Crippen LogP contribution is 2.30. The van der Waals surface area contributed by atoms with Crippen molar-refractivity contribution in [2.45, 2.75) is 31.7 Å². The Morgan fingerprint density at radius 2 is 1.87 bits per heavy atom. The Labute approximate surface area is 180 Å². The second-order valence-electron chi connectivity index (χ2n) is 7.07. The minimum atomic E-state index is -4.02. The molecule has 0 radical (unpaired) electrons. The highest BCUT2D eigenvalue weighted by atomic mass is 35.5. The van der Waals surface area contributed by atoms with Gasteiger partial charge in [-0.1, -0.05) is 29.3 Å². The molecule has 9 heteroatoms. The third-order valence-corrected chi connectivity index (χ3v) is 6.34. The number of esters is 1. The van der Waals surface area contributed by atoms with Crippen molar-refractivity contribution in [2.75, 3.05) is 12.4 Å². The van der Waals surface area contributed by atoms with Gasteiger partial charge in [-0.25, -0.2) is 17.2 Å². The van der Waals surface area contributed by atoms with Gasteiger partial charge in [0.15, 0.2) is 0 Å². The first-order chi connectivity index (χ1) is 14.1. The van der Waals surface area contributed by atoms with E-state index in [4.69, 9.17) is 16.3 Å². The lowest BCUT2D eigenvalue weighted by Crippen LogP contribution is -2.18. The SMILES string of the molecule is COC(=O)c1cc(-c2cc(NC(C)C)c(Cl)cn2)cn1S(=O)(=O)c1ccc(C)cc1. The van der Waals surface area contributed by atoms with E-state index in [0.29, 0.717) is 22.0 Å². The second kappa shape index (κ2) is 8.49. The van der Waals surface area contributed by atoms with Crippen molar-refractivity contribution < 1.29 is 17.9 Å². The van der Waals surface area contributed by atoms with Crippen LogP contribution in [0, 0.1) is 6.92 Å². The fourth-order valence-corrected chi connectivity index (χ4v) is 4.38. The molecular formula is C21H22ClN3O4S. The maximum atomic E-state index is 13.2. The van der Waals surface area contributed by atoms with Gasteiger partial charge < -0.3 is 10.1 Å². The Kier molecular flexibility index (Phi) is 6.19. The number of carbonyl (C=O) groups is 1. The molecule has 0 amide bonds. The van der Waals surface area contributed by atoms with E-state index in [-0.39, 0.29) is 16.6 Å². The van der Waals surface area contributed by atoms with Gasteiger partial charge in [0.25, 0.3) is 10.0 Å². The summed E-state index contributed by atoms with van der Waals surface area (Å²) in [6.07, 6.45) is 2.84. The molecule has 7 nitrogen and oxygen atoms in total. The van der Waals surface area contributed by atoms with Crippen molar-refractivity contribution in [1.82, 2.24) is 8.96 Å². The second-order valence-corrected chi connectivity index (χ2v) is 9.29. The molecule has 0 fully saturated rings. The number of hydrogen-bond donors (Lipinski definition) is 1. The Hall–Kier alpha value is -2.84. The molecule has 3 rings (SSSR count). The molecule has 0 spiro atoms. The summed E-state index contributed by atoms with van der Waals surface area (Å²) < 4.78 is 32.1. The van der Waals surface area contributed by atoms with E-state index in [1.165, 1.54) is 37.7 Å². The molecule has 2 heterocycles. The molecule has 0 atom stereocenters. The lowest BCUT2D eigenvalue weighted by atomic mass is 10.2. The van der Waals surface area contributed by atoms with Crippen LogP contribution in [0.25, 0.3) is 11.3 Å². The van der Waals surface area contributed by atoms with Crippen molar-refractivity contribution in [1.29, 1.82) is 0 Å². The van der Waals surface area contributed by atoms with Crippen molar-refractivity contribution in [2.24, 2.45) is 0 Å². The van der Waals surface area contributed by atoms with Gasteiger partial charge >= 0.3 is 5.97 Å². The van der Waals surface area contributed by atoms with E-state index in [9.17, 15) is 13.2 Å². The van der Waals surface area contributed by atoms with Gasteiger partial charge in [-0.3, -0.25) is 4.98 Å². The van der Waals surface area contributed by atoms with Gasteiger partial charge in [-0.05, 0) is 45.0 Å². The van der Waals surface area contributed by atoms with E-state index >= 15 is 0 Å². The summed E-state index contributed by atoms with van der Waals surface area (Å²) in [4.78, 5) is 16.7. The quantitative estimate of drug-likeness (QED) is 0.565. The van der Waals surface area contributed by atoms with Crippen LogP contribution < -0.4 is 5.32 Å². The summed E-state index contributed by atoms with van der Waals surface area (Å²) >= 11 is 6.20. The third-order valence-electron chi connectivity index (χ3n) is 4.35. The molecule has 158 valence electrons. The van der Waals surface area contributed by atoms with Crippen molar-refractivity contribution >= 4 is 33.3 Å². The number of benzene rings is 1. The van der Waals surface area contributed by atoms with E-state index in [1.54, 1.807) is 18.2 Å². The Bertz CT molecular complexity index is 1190. The van der Waals surface area contributed by atoms with Crippen LogP contribution in [0.3, 0.4) is 0 Å². The van der Waals surface area contributed by atoms with Crippen LogP contribution in [0.2, 0.25) is 5.02 Å². The van der Waals surface area contributed by atoms with Gasteiger partial charge in [0.1, 0.15) is 5.69 Å². The van der Waals surface area contributed by atoms with E-state index in [2.05, 4.69) is 10.3 Å². The van der Waals surface area contributed by atoms with Crippen molar-refractivity contribution in [3.05, 3.63) is 65.1 Å². The van der Waals surface area contributed by atoms with Gasteiger partial charge in [0, 0.05) is 24.0 Å². The standard InChI is InChI=1S/C21H22ClN3O4S/c1-13(2)24-19-10-18(23-11-17(19)22)15-9-20(21(26)29-4)25(12-15)30(27,28)16-7-5-14(3)6-8-16/h5-13H,1-4H3,(H,23,24). The lowest BCUT2D eigenvalue weighted by molar-refractivity contribution is 0.0593. The zero-order chi connectivity index (χ0) is 22.1. The van der Waals surface area contributed by atoms with Crippen molar-refractivity contribution in [3.8, 4) is 11.3 Å². The molecule has 1 N–H and O–H groups in total. The molecule has 0 aliphatic heterocycles. The maximum absolute atomic E-state index is 13.2. The van der Waals surface area contributed by atoms with Gasteiger partial charge in [-0.15, -0.1) is 0 Å². The monoisotopic (exact) mass is 447 g/mol. The number of pyridine rings is 1. The fourth-order valence-electron chi connectivity index (χ4n) is 2.88. The zero-order valence-electron chi connectivity index (χ0n) is 17.0. The predicted molar refractivity (Wildman–Crippen MR) is 117 cm³/mol. The van der Waals surface area contributed by atoms with E-state index in [0.717, 1.165) is 9.54 Å². The number of anilines is 1. The lowest BCUT2D eigenvalue weighted by Gasteiger charge is -2.12. The van der Waals surface area contributed by atoms with Crippen LogP contribution in [0.15, 0.2) is 53.7 Å². The van der Waals surface area contributed by atoms with Crippen LogP contribution in [0.1, 0.15) is 29.9 Å². The van der Waals surface area contributed by atoms with Gasteiger partial charge in [0.2, 0.25) is 0 Å². The van der Waals surface area contributed by atoms with Crippen LogP contribution in [-0.2, 0) is 14.8 Å². The molecule has 0 unspecified atom stereocenters. The largest absolute Gasteiger partial charge is 0.464 e. The maximum Gasteiger partial charge on any atom is 0.355 e. The smallest absolute Gasteiger partial charge is 0.355 e. The molecule has 0 aliphatic rings. The van der Waals surface area contributed by atoms with Crippen LogP contribution in [-0.4, -0.2) is 36.5 Å². The number of nitrogens with one attached hydrogen (secondary N) is 1. The molecule has 3 aromatic rings. The molecule has 2 aromatic heterocycles. The molecule has 0 bridgehead atoms. The average Bonchev–Trinajstić information content (AvgIpc) is 3.15. The summed E-state index contributed by atoms with van der Waals surface area (Å²) in [6, 6.07) is 9.66. The number of aromatic nitrogens is 2. The van der Waals surface area contributed by atoms with E-state index in [1.807, 2.05) is 20.8 Å².